The van der Waals surface area contributed by atoms with Crippen LogP contribution in [0.1, 0.15) is 0 Å². The van der Waals surface area contributed by atoms with Crippen molar-refractivity contribution >= 4 is 65.0 Å². The number of furan rings is 1. The van der Waals surface area contributed by atoms with E-state index in [1.807, 2.05) is 36.4 Å². The van der Waals surface area contributed by atoms with E-state index in [4.69, 9.17) is 14.4 Å². The molecule has 12 rings (SSSR count). The number of para-hydroxylation sites is 1. The molecule has 0 saturated heterocycles. The highest BCUT2D eigenvalue weighted by Gasteiger charge is 2.22. The second kappa shape index (κ2) is 13.4. The molecule has 12 aromatic rings. The minimum atomic E-state index is 0.677. The first-order chi connectivity index (χ1) is 29.3. The normalized spacial score (nSPS) is 11.7. The van der Waals surface area contributed by atoms with E-state index < -0.39 is 0 Å². The monoisotopic (exact) mass is 750 g/mol. The van der Waals surface area contributed by atoms with E-state index in [2.05, 4.69) is 170 Å². The van der Waals surface area contributed by atoms with Crippen molar-refractivity contribution in [3.05, 3.63) is 206 Å². The van der Waals surface area contributed by atoms with E-state index in [9.17, 15) is 0 Å². The quantitative estimate of drug-likeness (QED) is 0.130. The second-order valence-corrected chi connectivity index (χ2v) is 15.2. The molecule has 10 aromatic carbocycles. The summed E-state index contributed by atoms with van der Waals surface area (Å²) in [5.74, 6) is 0.677. The van der Waals surface area contributed by atoms with Gasteiger partial charge in [-0.2, -0.15) is 0 Å². The van der Waals surface area contributed by atoms with Gasteiger partial charge in [0.15, 0.2) is 5.82 Å². The molecular weight excluding hydrogens is 717 g/mol. The molecule has 2 heterocycles. The van der Waals surface area contributed by atoms with Crippen molar-refractivity contribution in [1.29, 1.82) is 0 Å². The maximum absolute atomic E-state index is 6.33. The Morgan fingerprint density at radius 2 is 0.864 bits per heavy atom. The molecule has 274 valence electrons. The van der Waals surface area contributed by atoms with E-state index in [1.54, 1.807) is 0 Å². The zero-order valence-corrected chi connectivity index (χ0v) is 31.9. The van der Waals surface area contributed by atoms with Crippen LogP contribution in [0, 0.1) is 0 Å². The van der Waals surface area contributed by atoms with Crippen molar-refractivity contribution in [3.63, 3.8) is 0 Å². The van der Waals surface area contributed by atoms with Crippen molar-refractivity contribution in [2.75, 3.05) is 0 Å². The smallest absolute Gasteiger partial charge is 0.160 e. The molecular formula is C56H34N2O. The molecule has 0 N–H and O–H groups in total. The second-order valence-electron chi connectivity index (χ2n) is 15.2. The predicted octanol–water partition coefficient (Wildman–Crippen LogP) is 15.3. The number of hydrogen-bond acceptors (Lipinski definition) is 3. The van der Waals surface area contributed by atoms with Crippen molar-refractivity contribution in [2.45, 2.75) is 0 Å². The van der Waals surface area contributed by atoms with Crippen LogP contribution in [-0.4, -0.2) is 9.97 Å². The number of hydrogen-bond donors (Lipinski definition) is 0. The Morgan fingerprint density at radius 3 is 1.63 bits per heavy atom. The summed E-state index contributed by atoms with van der Waals surface area (Å²) in [7, 11) is 0. The van der Waals surface area contributed by atoms with Crippen molar-refractivity contribution in [3.8, 4) is 56.2 Å². The van der Waals surface area contributed by atoms with Crippen LogP contribution in [0.25, 0.3) is 121 Å². The minimum Gasteiger partial charge on any atom is -0.456 e. The molecule has 0 aliphatic heterocycles. The summed E-state index contributed by atoms with van der Waals surface area (Å²) in [4.78, 5) is 10.6. The summed E-state index contributed by atoms with van der Waals surface area (Å²) in [6, 6.07) is 73.4. The van der Waals surface area contributed by atoms with Gasteiger partial charge in [0.05, 0.1) is 11.4 Å². The molecule has 0 spiro atoms. The summed E-state index contributed by atoms with van der Waals surface area (Å²) in [6.45, 7) is 0. The number of nitrogens with zero attached hydrogens (tertiary/aromatic N) is 2. The molecule has 3 heteroatoms. The fraction of sp³-hybridized carbons (Fsp3) is 0. The molecule has 0 radical (unpaired) electrons. The van der Waals surface area contributed by atoms with E-state index >= 15 is 0 Å². The summed E-state index contributed by atoms with van der Waals surface area (Å²) in [6.07, 6.45) is 0. The van der Waals surface area contributed by atoms with Crippen LogP contribution in [0.5, 0.6) is 0 Å². The Balaban J connectivity index is 1.14. The van der Waals surface area contributed by atoms with Gasteiger partial charge in [0.2, 0.25) is 0 Å². The average molecular weight is 751 g/mol. The highest BCUT2D eigenvalue weighted by molar-refractivity contribution is 6.29. The lowest BCUT2D eigenvalue weighted by atomic mass is 9.82. The lowest BCUT2D eigenvalue weighted by Crippen LogP contribution is -1.97. The van der Waals surface area contributed by atoms with Crippen molar-refractivity contribution in [1.82, 2.24) is 9.97 Å². The van der Waals surface area contributed by atoms with Gasteiger partial charge in [-0.1, -0.05) is 188 Å². The molecule has 0 bridgehead atoms. The highest BCUT2D eigenvalue weighted by atomic mass is 16.3. The Bertz CT molecular complexity index is 3610. The first kappa shape index (κ1) is 33.3. The van der Waals surface area contributed by atoms with Gasteiger partial charge in [0.1, 0.15) is 11.2 Å². The largest absolute Gasteiger partial charge is 0.456 e. The maximum atomic E-state index is 6.33. The first-order valence-corrected chi connectivity index (χ1v) is 20.1. The number of benzene rings is 10. The van der Waals surface area contributed by atoms with E-state index in [0.29, 0.717) is 5.82 Å². The van der Waals surface area contributed by atoms with Crippen LogP contribution < -0.4 is 0 Å². The molecule has 0 aliphatic rings. The average Bonchev–Trinajstić information content (AvgIpc) is 3.70. The van der Waals surface area contributed by atoms with Gasteiger partial charge in [-0.05, 0) is 83.5 Å². The number of aromatic nitrogens is 2. The van der Waals surface area contributed by atoms with Crippen LogP contribution >= 0.6 is 0 Å². The Kier molecular flexibility index (Phi) is 7.54. The Morgan fingerprint density at radius 1 is 0.305 bits per heavy atom. The van der Waals surface area contributed by atoms with E-state index in [1.165, 1.54) is 60.0 Å². The maximum Gasteiger partial charge on any atom is 0.160 e. The molecule has 2 aromatic heterocycles. The topological polar surface area (TPSA) is 38.9 Å². The van der Waals surface area contributed by atoms with Gasteiger partial charge >= 0.3 is 0 Å². The summed E-state index contributed by atoms with van der Waals surface area (Å²) in [5.41, 5.74) is 11.3. The van der Waals surface area contributed by atoms with E-state index in [-0.39, 0.29) is 0 Å². The Hall–Kier alpha value is -7.88. The molecule has 0 atom stereocenters. The molecule has 59 heavy (non-hydrogen) atoms. The van der Waals surface area contributed by atoms with Crippen LogP contribution in [0.15, 0.2) is 211 Å². The van der Waals surface area contributed by atoms with Crippen molar-refractivity contribution in [2.24, 2.45) is 0 Å². The van der Waals surface area contributed by atoms with Gasteiger partial charge in [-0.15, -0.1) is 0 Å². The van der Waals surface area contributed by atoms with Gasteiger partial charge in [0.25, 0.3) is 0 Å². The zero-order valence-electron chi connectivity index (χ0n) is 31.9. The van der Waals surface area contributed by atoms with Crippen LogP contribution in [0.4, 0.5) is 0 Å². The third-order valence-corrected chi connectivity index (χ3v) is 11.9. The van der Waals surface area contributed by atoms with Crippen LogP contribution in [0.2, 0.25) is 0 Å². The first-order valence-electron chi connectivity index (χ1n) is 20.1. The predicted molar refractivity (Wildman–Crippen MR) is 247 cm³/mol. The fourth-order valence-electron chi connectivity index (χ4n) is 9.31. The third kappa shape index (κ3) is 5.29. The molecule has 0 amide bonds. The van der Waals surface area contributed by atoms with Gasteiger partial charge < -0.3 is 4.42 Å². The fourth-order valence-corrected chi connectivity index (χ4v) is 9.31. The summed E-state index contributed by atoms with van der Waals surface area (Å²) < 4.78 is 6.33. The third-order valence-electron chi connectivity index (χ3n) is 11.9. The number of rotatable bonds is 5. The highest BCUT2D eigenvalue weighted by Crippen LogP contribution is 2.48. The van der Waals surface area contributed by atoms with Gasteiger partial charge in [0, 0.05) is 27.5 Å². The molecule has 0 unspecified atom stereocenters. The minimum absolute atomic E-state index is 0.677. The lowest BCUT2D eigenvalue weighted by Gasteiger charge is -2.21. The molecule has 3 nitrogen and oxygen atoms in total. The summed E-state index contributed by atoms with van der Waals surface area (Å²) in [5, 5.41) is 11.9. The SMILES string of the molecule is c1ccc(-c2nc(-c3ccc(-c4c5ccccc5c(-c5ccccc5)c5c4ccc4ccccc45)c4ccccc34)cc(-c3cccc4oc5ccccc5c34)n2)cc1. The number of fused-ring (bicyclic) bond motifs is 8. The molecule has 0 saturated carbocycles. The zero-order chi connectivity index (χ0) is 38.9. The van der Waals surface area contributed by atoms with Crippen LogP contribution in [0.3, 0.4) is 0 Å². The lowest BCUT2D eigenvalue weighted by molar-refractivity contribution is 0.669. The van der Waals surface area contributed by atoms with Gasteiger partial charge in [-0.3, -0.25) is 0 Å². The Labute approximate surface area is 340 Å². The molecule has 0 aliphatic carbocycles. The van der Waals surface area contributed by atoms with Crippen molar-refractivity contribution < 1.29 is 4.42 Å². The summed E-state index contributed by atoms with van der Waals surface area (Å²) >= 11 is 0. The van der Waals surface area contributed by atoms with E-state index in [0.717, 1.165) is 55.4 Å². The van der Waals surface area contributed by atoms with Gasteiger partial charge in [-0.25, -0.2) is 9.97 Å². The van der Waals surface area contributed by atoms with Crippen LogP contribution in [-0.2, 0) is 0 Å². The standard InChI is InChI=1S/C56H34N2O/c1-3-17-36(18-4-1)52-42-24-11-12-25-43(42)53(47-31-30-35-16-7-8-21-38(35)55(47)52)44-33-32-41(39-22-9-10-23-40(39)44)48-34-49(58-56(57-48)37-19-5-2-6-20-37)45-27-15-29-51-54(45)46-26-13-14-28-50(46)59-51/h1-34H. The molecule has 0 fully saturated rings.